The SMILES string of the molecule is Cc1nc(Cn2c(CC3CCC(F)(F)CC3)noc2=O)no1. The molecule has 0 spiro atoms. The zero-order valence-electron chi connectivity index (χ0n) is 12.1. The first-order valence-electron chi connectivity index (χ1n) is 7.15. The molecule has 0 saturated heterocycles. The first-order chi connectivity index (χ1) is 10.4. The van der Waals surface area contributed by atoms with Gasteiger partial charge in [0.15, 0.2) is 11.6 Å². The van der Waals surface area contributed by atoms with Crippen LogP contribution in [-0.2, 0) is 13.0 Å². The second-order valence-corrected chi connectivity index (χ2v) is 5.68. The molecule has 0 unspecified atom stereocenters. The molecule has 2 heterocycles. The average Bonchev–Trinajstić information content (AvgIpc) is 3.02. The Balaban J connectivity index is 1.71. The summed E-state index contributed by atoms with van der Waals surface area (Å²) in [5, 5.41) is 7.48. The van der Waals surface area contributed by atoms with Crippen LogP contribution in [0.1, 0.15) is 43.2 Å². The van der Waals surface area contributed by atoms with Crippen molar-refractivity contribution in [1.29, 1.82) is 0 Å². The van der Waals surface area contributed by atoms with Gasteiger partial charge in [0.1, 0.15) is 0 Å². The van der Waals surface area contributed by atoms with E-state index in [4.69, 9.17) is 4.52 Å². The summed E-state index contributed by atoms with van der Waals surface area (Å²) in [6, 6.07) is 0. The monoisotopic (exact) mass is 314 g/mol. The van der Waals surface area contributed by atoms with Gasteiger partial charge in [0.25, 0.3) is 0 Å². The highest BCUT2D eigenvalue weighted by Gasteiger charge is 2.35. The number of alkyl halides is 2. The zero-order chi connectivity index (χ0) is 15.7. The number of aromatic nitrogens is 4. The molecule has 7 nitrogen and oxygen atoms in total. The average molecular weight is 314 g/mol. The van der Waals surface area contributed by atoms with Crippen LogP contribution in [0.2, 0.25) is 0 Å². The molecule has 22 heavy (non-hydrogen) atoms. The third-order valence-corrected chi connectivity index (χ3v) is 3.94. The number of hydrogen-bond donors (Lipinski definition) is 0. The highest BCUT2D eigenvalue weighted by molar-refractivity contribution is 4.94. The van der Waals surface area contributed by atoms with Crippen molar-refractivity contribution in [2.24, 2.45) is 5.92 Å². The van der Waals surface area contributed by atoms with E-state index in [0.29, 0.717) is 36.8 Å². The molecule has 0 aliphatic heterocycles. The lowest BCUT2D eigenvalue weighted by Gasteiger charge is -2.27. The van der Waals surface area contributed by atoms with Crippen LogP contribution in [-0.4, -0.2) is 25.8 Å². The molecule has 1 fully saturated rings. The van der Waals surface area contributed by atoms with Crippen LogP contribution in [0.3, 0.4) is 0 Å². The topological polar surface area (TPSA) is 87.0 Å². The van der Waals surface area contributed by atoms with Gasteiger partial charge in [-0.15, -0.1) is 0 Å². The van der Waals surface area contributed by atoms with Gasteiger partial charge in [-0.3, -0.25) is 9.09 Å². The summed E-state index contributed by atoms with van der Waals surface area (Å²) < 4.78 is 37.2. The number of nitrogens with zero attached hydrogens (tertiary/aromatic N) is 4. The molecule has 0 radical (unpaired) electrons. The van der Waals surface area contributed by atoms with Gasteiger partial charge < -0.3 is 4.52 Å². The maximum atomic E-state index is 13.2. The molecule has 120 valence electrons. The van der Waals surface area contributed by atoms with Gasteiger partial charge in [0, 0.05) is 26.2 Å². The molecule has 3 rings (SSSR count). The van der Waals surface area contributed by atoms with Gasteiger partial charge >= 0.3 is 5.76 Å². The van der Waals surface area contributed by atoms with Crippen LogP contribution in [0.5, 0.6) is 0 Å². The third-order valence-electron chi connectivity index (χ3n) is 3.94. The van der Waals surface area contributed by atoms with E-state index in [0.717, 1.165) is 0 Å². The van der Waals surface area contributed by atoms with Crippen LogP contribution < -0.4 is 5.76 Å². The van der Waals surface area contributed by atoms with Gasteiger partial charge in [-0.1, -0.05) is 10.3 Å². The molecule has 9 heteroatoms. The summed E-state index contributed by atoms with van der Waals surface area (Å²) >= 11 is 0. The van der Waals surface area contributed by atoms with Crippen molar-refractivity contribution in [3.05, 3.63) is 28.1 Å². The molecule has 0 amide bonds. The van der Waals surface area contributed by atoms with Crippen LogP contribution in [0.15, 0.2) is 13.8 Å². The normalized spacial score (nSPS) is 18.7. The van der Waals surface area contributed by atoms with E-state index in [2.05, 4.69) is 19.8 Å². The van der Waals surface area contributed by atoms with E-state index in [1.165, 1.54) is 4.57 Å². The predicted molar refractivity (Wildman–Crippen MR) is 69.5 cm³/mol. The minimum absolute atomic E-state index is 0.0716. The Labute approximate surface area is 124 Å². The third kappa shape index (κ3) is 3.23. The quantitative estimate of drug-likeness (QED) is 0.857. The molecule has 1 saturated carbocycles. The van der Waals surface area contributed by atoms with E-state index in [1.54, 1.807) is 6.92 Å². The Morgan fingerprint density at radius 2 is 2.00 bits per heavy atom. The highest BCUT2D eigenvalue weighted by Crippen LogP contribution is 2.37. The highest BCUT2D eigenvalue weighted by atomic mass is 19.3. The standard InChI is InChI=1S/C13H16F2N4O3/c1-8-16-10(17-21-8)7-19-11(18-22-12(19)20)6-9-2-4-13(14,15)5-3-9/h9H,2-7H2,1H3. The van der Waals surface area contributed by atoms with Crippen LogP contribution in [0.25, 0.3) is 0 Å². The Bertz CT molecular complexity index is 696. The van der Waals surface area contributed by atoms with E-state index in [9.17, 15) is 13.6 Å². The van der Waals surface area contributed by atoms with Gasteiger partial charge in [-0.25, -0.2) is 13.6 Å². The molecule has 2 aromatic heterocycles. The van der Waals surface area contributed by atoms with Gasteiger partial charge in [-0.2, -0.15) is 4.98 Å². The molecular formula is C13H16F2N4O3. The van der Waals surface area contributed by atoms with Crippen molar-refractivity contribution in [2.75, 3.05) is 0 Å². The van der Waals surface area contributed by atoms with E-state index in [1.807, 2.05) is 0 Å². The molecule has 1 aliphatic carbocycles. The maximum absolute atomic E-state index is 13.2. The number of hydrogen-bond acceptors (Lipinski definition) is 6. The van der Waals surface area contributed by atoms with Crippen molar-refractivity contribution in [1.82, 2.24) is 19.9 Å². The fraction of sp³-hybridized carbons (Fsp3) is 0.692. The van der Waals surface area contributed by atoms with Crippen molar-refractivity contribution in [3.63, 3.8) is 0 Å². The van der Waals surface area contributed by atoms with Crippen LogP contribution in [0.4, 0.5) is 8.78 Å². The van der Waals surface area contributed by atoms with Crippen molar-refractivity contribution >= 4 is 0 Å². The molecular weight excluding hydrogens is 298 g/mol. The summed E-state index contributed by atoms with van der Waals surface area (Å²) in [5.41, 5.74) is 0. The number of halogens is 2. The maximum Gasteiger partial charge on any atom is 0.442 e. The molecule has 0 aromatic carbocycles. The predicted octanol–water partition coefficient (Wildman–Crippen LogP) is 1.94. The van der Waals surface area contributed by atoms with E-state index >= 15 is 0 Å². The Morgan fingerprint density at radius 1 is 1.27 bits per heavy atom. The van der Waals surface area contributed by atoms with Crippen molar-refractivity contribution in [3.8, 4) is 0 Å². The van der Waals surface area contributed by atoms with Gasteiger partial charge in [0.2, 0.25) is 11.8 Å². The fourth-order valence-electron chi connectivity index (χ4n) is 2.71. The molecule has 0 N–H and O–H groups in total. The second-order valence-electron chi connectivity index (χ2n) is 5.68. The summed E-state index contributed by atoms with van der Waals surface area (Å²) in [5.74, 6) is -1.93. The fourth-order valence-corrected chi connectivity index (χ4v) is 2.71. The molecule has 1 aliphatic rings. The number of rotatable bonds is 4. The molecule has 0 atom stereocenters. The number of aryl methyl sites for hydroxylation is 1. The smallest absolute Gasteiger partial charge is 0.340 e. The van der Waals surface area contributed by atoms with E-state index < -0.39 is 11.7 Å². The Kier molecular flexibility index (Phi) is 3.79. The lowest BCUT2D eigenvalue weighted by molar-refractivity contribution is -0.0459. The minimum Gasteiger partial charge on any atom is -0.340 e. The summed E-state index contributed by atoms with van der Waals surface area (Å²) in [4.78, 5) is 15.8. The van der Waals surface area contributed by atoms with Crippen LogP contribution in [0, 0.1) is 12.8 Å². The van der Waals surface area contributed by atoms with Crippen LogP contribution >= 0.6 is 0 Å². The second kappa shape index (κ2) is 5.62. The Hall–Kier alpha value is -2.06. The lowest BCUT2D eigenvalue weighted by Crippen LogP contribution is -2.27. The van der Waals surface area contributed by atoms with Gasteiger partial charge in [-0.05, 0) is 18.8 Å². The van der Waals surface area contributed by atoms with E-state index in [-0.39, 0.29) is 25.3 Å². The largest absolute Gasteiger partial charge is 0.442 e. The van der Waals surface area contributed by atoms with Gasteiger partial charge in [0.05, 0.1) is 6.54 Å². The first-order valence-corrected chi connectivity index (χ1v) is 7.15. The lowest BCUT2D eigenvalue weighted by atomic mass is 9.84. The minimum atomic E-state index is -2.57. The summed E-state index contributed by atoms with van der Waals surface area (Å²) in [7, 11) is 0. The first kappa shape index (κ1) is 14.9. The summed E-state index contributed by atoms with van der Waals surface area (Å²) in [6.07, 6.45) is 1.01. The molecule has 2 aromatic rings. The Morgan fingerprint density at radius 3 is 2.64 bits per heavy atom. The summed E-state index contributed by atoms with van der Waals surface area (Å²) in [6.45, 7) is 1.74. The molecule has 0 bridgehead atoms. The zero-order valence-corrected chi connectivity index (χ0v) is 12.1. The van der Waals surface area contributed by atoms with Crippen molar-refractivity contribution < 1.29 is 17.8 Å². The van der Waals surface area contributed by atoms with Crippen molar-refractivity contribution in [2.45, 2.75) is 51.5 Å².